The van der Waals surface area contributed by atoms with Crippen LogP contribution in [0.1, 0.15) is 66.7 Å². The third kappa shape index (κ3) is 4.66. The summed E-state index contributed by atoms with van der Waals surface area (Å²) >= 11 is 0. The molecule has 2 aliphatic carbocycles. The summed E-state index contributed by atoms with van der Waals surface area (Å²) in [6.07, 6.45) is -0.604. The first-order valence-electron chi connectivity index (χ1n) is 13.6. The van der Waals surface area contributed by atoms with Crippen molar-refractivity contribution >= 4 is 24.2 Å². The molecule has 4 rings (SSSR count). The highest BCUT2D eigenvalue weighted by Crippen LogP contribution is 2.67. The smallest absolute Gasteiger partial charge is 0.306 e. The van der Waals surface area contributed by atoms with E-state index in [0.717, 1.165) is 19.6 Å². The lowest BCUT2D eigenvalue weighted by Gasteiger charge is -2.71. The van der Waals surface area contributed by atoms with Crippen LogP contribution in [-0.2, 0) is 23.8 Å². The van der Waals surface area contributed by atoms with E-state index < -0.39 is 63.6 Å². The number of esters is 1. The highest BCUT2D eigenvalue weighted by atomic mass is 35.5. The van der Waals surface area contributed by atoms with Gasteiger partial charge in [0, 0.05) is 37.3 Å². The minimum absolute atomic E-state index is 0. The van der Waals surface area contributed by atoms with Gasteiger partial charge in [0.15, 0.2) is 11.4 Å². The van der Waals surface area contributed by atoms with Gasteiger partial charge < -0.3 is 29.5 Å². The van der Waals surface area contributed by atoms with Crippen molar-refractivity contribution in [3.8, 4) is 0 Å². The van der Waals surface area contributed by atoms with Crippen molar-refractivity contribution in [3.05, 3.63) is 12.7 Å². The molecule has 8 atom stereocenters. The Kier molecular flexibility index (Phi) is 8.88. The van der Waals surface area contributed by atoms with Crippen molar-refractivity contribution in [2.45, 2.75) is 102 Å². The molecule has 0 amide bonds. The maximum Gasteiger partial charge on any atom is 0.306 e. The van der Waals surface area contributed by atoms with Crippen molar-refractivity contribution in [1.82, 2.24) is 4.90 Å². The average molecular weight is 560 g/mol. The Morgan fingerprint density at radius 3 is 2.42 bits per heavy atom. The Morgan fingerprint density at radius 1 is 1.18 bits per heavy atom. The SMILES string of the molecule is C=C[C@@]1(C)CC(=O)[C@]2(O)C3(C)C(C(OC(=O)CCCN4CCOCC4)C(O)[C@@]2(C)O1)C(C)(C)CC[C@@H]3O.Cl. The van der Waals surface area contributed by atoms with Crippen LogP contribution in [-0.4, -0.2) is 99.9 Å². The number of ether oxygens (including phenoxy) is 3. The van der Waals surface area contributed by atoms with Gasteiger partial charge in [-0.3, -0.25) is 14.5 Å². The Bertz CT molecular complexity index is 925. The highest BCUT2D eigenvalue weighted by Gasteiger charge is 2.81. The number of halogens is 1. The molecule has 2 saturated carbocycles. The maximum absolute atomic E-state index is 13.8. The molecule has 218 valence electrons. The number of Topliss-reactive ketones (excluding diaryl/α,β-unsaturated/α-hetero) is 1. The number of aliphatic hydroxyl groups excluding tert-OH is 2. The number of nitrogens with zero attached hydrogens (tertiary/aromatic N) is 1. The number of hydrogen-bond donors (Lipinski definition) is 3. The molecule has 3 N–H and O–H groups in total. The van der Waals surface area contributed by atoms with Gasteiger partial charge in [-0.05, 0) is 45.1 Å². The highest BCUT2D eigenvalue weighted by molar-refractivity contribution is 5.92. The molecule has 0 bridgehead atoms. The standard InChI is InChI=1S/C28H45NO8.ClH/c1-7-25(4)17-19(31)28(34)26(5)18(30)10-11-24(2,3)22(26)21(23(33)27(28,6)37-25)36-20(32)9-8-12-29-13-15-35-16-14-29;/h7,18,21-23,30,33-34H,1,8-17H2,2-6H3;1H/t18-,21?,22?,23?,25-,26?,27+,28-;/m0./s1. The van der Waals surface area contributed by atoms with Crippen LogP contribution in [0, 0.1) is 16.7 Å². The van der Waals surface area contributed by atoms with Crippen LogP contribution >= 0.6 is 12.4 Å². The second-order valence-electron chi connectivity index (χ2n) is 12.8. The van der Waals surface area contributed by atoms with Gasteiger partial charge in [-0.1, -0.05) is 26.8 Å². The van der Waals surface area contributed by atoms with Crippen molar-refractivity contribution in [2.24, 2.45) is 16.7 Å². The minimum atomic E-state index is -2.21. The molecule has 2 heterocycles. The molecule has 4 fully saturated rings. The second-order valence-corrected chi connectivity index (χ2v) is 12.8. The van der Waals surface area contributed by atoms with Crippen molar-refractivity contribution in [2.75, 3.05) is 32.8 Å². The molecular weight excluding hydrogens is 514 g/mol. The number of fused-ring (bicyclic) bond motifs is 3. The Morgan fingerprint density at radius 2 is 1.82 bits per heavy atom. The van der Waals surface area contributed by atoms with E-state index in [1.54, 1.807) is 13.8 Å². The molecule has 4 unspecified atom stereocenters. The predicted octanol–water partition coefficient (Wildman–Crippen LogP) is 2.03. The normalized spacial score (nSPS) is 44.8. The predicted molar refractivity (Wildman–Crippen MR) is 143 cm³/mol. The van der Waals surface area contributed by atoms with Crippen LogP contribution in [0.4, 0.5) is 0 Å². The number of ketones is 1. The van der Waals surface area contributed by atoms with Crippen LogP contribution in [0.5, 0.6) is 0 Å². The molecule has 0 spiro atoms. The lowest BCUT2D eigenvalue weighted by Crippen LogP contribution is -2.86. The molecule has 4 aliphatic rings. The van der Waals surface area contributed by atoms with E-state index in [-0.39, 0.29) is 25.2 Å². The van der Waals surface area contributed by atoms with Crippen molar-refractivity contribution in [3.63, 3.8) is 0 Å². The minimum Gasteiger partial charge on any atom is -0.459 e. The Hall–Kier alpha value is -1.07. The lowest BCUT2D eigenvalue weighted by molar-refractivity contribution is -0.370. The Labute approximate surface area is 232 Å². The van der Waals surface area contributed by atoms with E-state index in [4.69, 9.17) is 14.2 Å². The summed E-state index contributed by atoms with van der Waals surface area (Å²) in [5.74, 6) is -1.67. The monoisotopic (exact) mass is 559 g/mol. The number of carbonyl (C=O) groups excluding carboxylic acids is 2. The van der Waals surface area contributed by atoms with Gasteiger partial charge in [-0.25, -0.2) is 0 Å². The zero-order chi connectivity index (χ0) is 27.4. The van der Waals surface area contributed by atoms with Gasteiger partial charge in [-0.15, -0.1) is 19.0 Å². The fourth-order valence-corrected chi connectivity index (χ4v) is 7.89. The number of rotatable bonds is 6. The van der Waals surface area contributed by atoms with Crippen molar-refractivity contribution < 1.29 is 39.1 Å². The van der Waals surface area contributed by atoms with Gasteiger partial charge in [0.1, 0.15) is 17.8 Å². The topological polar surface area (TPSA) is 126 Å². The first-order valence-corrected chi connectivity index (χ1v) is 13.6. The van der Waals surface area contributed by atoms with E-state index in [2.05, 4.69) is 11.5 Å². The first kappa shape index (κ1) is 31.5. The summed E-state index contributed by atoms with van der Waals surface area (Å²) in [4.78, 5) is 29.2. The molecule has 9 nitrogen and oxygen atoms in total. The summed E-state index contributed by atoms with van der Waals surface area (Å²) < 4.78 is 17.8. The zero-order valence-corrected chi connectivity index (χ0v) is 24.2. The fraction of sp³-hybridized carbons (Fsp3) is 0.857. The van der Waals surface area contributed by atoms with E-state index >= 15 is 0 Å². The summed E-state index contributed by atoms with van der Waals surface area (Å²) in [5.41, 5.74) is -7.16. The number of morpholine rings is 1. The molecule has 0 aromatic heterocycles. The summed E-state index contributed by atoms with van der Waals surface area (Å²) in [5, 5.41) is 35.6. The van der Waals surface area contributed by atoms with Crippen LogP contribution in [0.15, 0.2) is 12.7 Å². The number of aliphatic hydroxyl groups is 3. The zero-order valence-electron chi connectivity index (χ0n) is 23.4. The largest absolute Gasteiger partial charge is 0.459 e. The Balaban J connectivity index is 0.00000400. The van der Waals surface area contributed by atoms with E-state index in [0.29, 0.717) is 32.5 Å². The first-order chi connectivity index (χ1) is 17.2. The van der Waals surface area contributed by atoms with Gasteiger partial charge in [-0.2, -0.15) is 0 Å². The van der Waals surface area contributed by atoms with E-state index in [9.17, 15) is 24.9 Å². The van der Waals surface area contributed by atoms with Crippen LogP contribution < -0.4 is 0 Å². The fourth-order valence-electron chi connectivity index (χ4n) is 7.89. The van der Waals surface area contributed by atoms with Gasteiger partial charge in [0.2, 0.25) is 0 Å². The molecule has 38 heavy (non-hydrogen) atoms. The molecular formula is C28H46ClNO8. The number of hydrogen-bond acceptors (Lipinski definition) is 9. The summed E-state index contributed by atoms with van der Waals surface area (Å²) in [6.45, 7) is 16.4. The van der Waals surface area contributed by atoms with Crippen LogP contribution in [0.2, 0.25) is 0 Å². The van der Waals surface area contributed by atoms with Gasteiger partial charge >= 0.3 is 5.97 Å². The maximum atomic E-state index is 13.8. The molecule has 0 aromatic rings. The van der Waals surface area contributed by atoms with Crippen LogP contribution in [0.25, 0.3) is 0 Å². The third-order valence-electron chi connectivity index (χ3n) is 9.96. The summed E-state index contributed by atoms with van der Waals surface area (Å²) in [6, 6.07) is 0. The lowest BCUT2D eigenvalue weighted by atomic mass is 9.40. The van der Waals surface area contributed by atoms with E-state index in [1.807, 2.05) is 13.8 Å². The molecule has 10 heteroatoms. The van der Waals surface area contributed by atoms with Gasteiger partial charge in [0.25, 0.3) is 0 Å². The third-order valence-corrected chi connectivity index (χ3v) is 9.96. The van der Waals surface area contributed by atoms with Gasteiger partial charge in [0.05, 0.1) is 24.9 Å². The number of carbonyl (C=O) groups is 2. The summed E-state index contributed by atoms with van der Waals surface area (Å²) in [7, 11) is 0. The second kappa shape index (κ2) is 10.7. The molecule has 2 aliphatic heterocycles. The molecule has 2 saturated heterocycles. The van der Waals surface area contributed by atoms with Crippen molar-refractivity contribution in [1.29, 1.82) is 0 Å². The van der Waals surface area contributed by atoms with E-state index in [1.165, 1.54) is 13.0 Å². The molecule has 0 aromatic carbocycles. The average Bonchev–Trinajstić information content (AvgIpc) is 2.83. The molecule has 0 radical (unpaired) electrons. The quantitative estimate of drug-likeness (QED) is 0.331. The van der Waals surface area contributed by atoms with Crippen LogP contribution in [0.3, 0.4) is 0 Å².